The molecule has 2 rings (SSSR count). The molecule has 0 spiro atoms. The largest absolute Gasteiger partial charge is 0.478 e. The van der Waals surface area contributed by atoms with E-state index in [1.54, 1.807) is 6.07 Å². The molecule has 0 aliphatic rings. The Hall–Kier alpha value is -2.57. The number of para-hydroxylation sites is 1. The van der Waals surface area contributed by atoms with Crippen LogP contribution in [0.4, 0.5) is 17.6 Å². The molecule has 0 fully saturated rings. The average Bonchev–Trinajstić information content (AvgIpc) is 2.59. The lowest BCUT2D eigenvalue weighted by Gasteiger charge is -2.09. The molecule has 0 radical (unpaired) electrons. The minimum Gasteiger partial charge on any atom is -0.478 e. The Morgan fingerprint density at radius 3 is 2.46 bits per heavy atom. The lowest BCUT2D eigenvalue weighted by molar-refractivity contribution is -0.137. The van der Waals surface area contributed by atoms with Gasteiger partial charge in [0, 0.05) is 0 Å². The number of ether oxygens (including phenoxy) is 1. The van der Waals surface area contributed by atoms with Crippen molar-refractivity contribution in [3.8, 4) is 17.6 Å². The van der Waals surface area contributed by atoms with Crippen molar-refractivity contribution in [2.45, 2.75) is 11.1 Å². The SMILES string of the molecule is O=S(=O)(NCC#CCOc1ccccc1F)c1cccc(C(F)(F)F)c1. The van der Waals surface area contributed by atoms with Crippen LogP contribution < -0.4 is 9.46 Å². The Labute approximate surface area is 147 Å². The fourth-order valence-corrected chi connectivity index (χ4v) is 2.81. The van der Waals surface area contributed by atoms with Gasteiger partial charge in [0.1, 0.15) is 6.61 Å². The molecule has 2 aromatic rings. The van der Waals surface area contributed by atoms with Crippen LogP contribution in [-0.2, 0) is 16.2 Å². The topological polar surface area (TPSA) is 55.4 Å². The maximum atomic E-state index is 13.3. The summed E-state index contributed by atoms with van der Waals surface area (Å²) in [5.41, 5.74) is -1.07. The van der Waals surface area contributed by atoms with Crippen molar-refractivity contribution in [3.63, 3.8) is 0 Å². The molecule has 26 heavy (non-hydrogen) atoms. The Morgan fingerprint density at radius 2 is 1.77 bits per heavy atom. The van der Waals surface area contributed by atoms with E-state index in [0.29, 0.717) is 6.07 Å². The predicted octanol–water partition coefficient (Wildman–Crippen LogP) is 3.21. The minimum atomic E-state index is -4.64. The normalized spacial score (nSPS) is 11.5. The third-order valence-corrected chi connectivity index (χ3v) is 4.48. The molecule has 0 aromatic heterocycles. The van der Waals surface area contributed by atoms with E-state index in [1.807, 2.05) is 0 Å². The van der Waals surface area contributed by atoms with Crippen molar-refractivity contribution >= 4 is 10.0 Å². The van der Waals surface area contributed by atoms with Crippen molar-refractivity contribution < 1.29 is 30.7 Å². The summed E-state index contributed by atoms with van der Waals surface area (Å²) in [5, 5.41) is 0. The minimum absolute atomic E-state index is 0.00588. The van der Waals surface area contributed by atoms with Crippen LogP contribution in [0.3, 0.4) is 0 Å². The fourth-order valence-electron chi connectivity index (χ4n) is 1.84. The second-order valence-electron chi connectivity index (χ2n) is 4.92. The number of halogens is 4. The molecule has 0 saturated heterocycles. The number of sulfonamides is 1. The second kappa shape index (κ2) is 8.21. The first-order valence-corrected chi connectivity index (χ1v) is 8.68. The molecule has 0 amide bonds. The van der Waals surface area contributed by atoms with Crippen LogP contribution in [0.1, 0.15) is 5.56 Å². The van der Waals surface area contributed by atoms with Gasteiger partial charge >= 0.3 is 6.18 Å². The van der Waals surface area contributed by atoms with E-state index < -0.39 is 32.5 Å². The van der Waals surface area contributed by atoms with Gasteiger partial charge in [0.2, 0.25) is 10.0 Å². The molecule has 2 aromatic carbocycles. The summed E-state index contributed by atoms with van der Waals surface area (Å²) in [6.45, 7) is -0.509. The third kappa shape index (κ3) is 5.47. The summed E-state index contributed by atoms with van der Waals surface area (Å²) < 4.78 is 82.3. The molecule has 0 saturated carbocycles. The average molecular weight is 387 g/mol. The van der Waals surface area contributed by atoms with E-state index in [1.165, 1.54) is 18.2 Å². The lowest BCUT2D eigenvalue weighted by Crippen LogP contribution is -2.24. The molecular formula is C17H13F4NO3S. The zero-order chi connectivity index (χ0) is 19.2. The van der Waals surface area contributed by atoms with Gasteiger partial charge in [-0.25, -0.2) is 12.8 Å². The first-order chi connectivity index (χ1) is 12.2. The highest BCUT2D eigenvalue weighted by Crippen LogP contribution is 2.30. The van der Waals surface area contributed by atoms with Gasteiger partial charge in [0.05, 0.1) is 17.0 Å². The van der Waals surface area contributed by atoms with Crippen molar-refractivity contribution in [1.82, 2.24) is 4.72 Å². The van der Waals surface area contributed by atoms with Crippen LogP contribution in [0.2, 0.25) is 0 Å². The standard InChI is InChI=1S/C17H13F4NO3S/c18-15-8-1-2-9-16(15)25-11-4-3-10-22-26(23,24)14-7-5-6-13(12-14)17(19,20)21/h1-2,5-9,12,22H,10-11H2. The van der Waals surface area contributed by atoms with Gasteiger partial charge in [-0.1, -0.05) is 30.0 Å². The Balaban J connectivity index is 1.92. The summed E-state index contributed by atoms with van der Waals surface area (Å²) in [4.78, 5) is -0.517. The zero-order valence-electron chi connectivity index (χ0n) is 13.2. The van der Waals surface area contributed by atoms with Crippen molar-refractivity contribution in [1.29, 1.82) is 0 Å². The van der Waals surface area contributed by atoms with Crippen LogP contribution >= 0.6 is 0 Å². The first-order valence-electron chi connectivity index (χ1n) is 7.20. The number of alkyl halides is 3. The Morgan fingerprint density at radius 1 is 1.04 bits per heavy atom. The van der Waals surface area contributed by atoms with Crippen LogP contribution in [0.5, 0.6) is 5.75 Å². The Bertz CT molecular complexity index is 931. The molecule has 0 atom stereocenters. The van der Waals surface area contributed by atoms with Crippen molar-refractivity contribution in [2.24, 2.45) is 0 Å². The molecule has 9 heteroatoms. The molecule has 138 valence electrons. The number of benzene rings is 2. The molecule has 4 nitrogen and oxygen atoms in total. The van der Waals surface area contributed by atoms with Gasteiger partial charge in [0.25, 0.3) is 0 Å². The first kappa shape index (κ1) is 19.8. The van der Waals surface area contributed by atoms with E-state index in [9.17, 15) is 26.0 Å². The third-order valence-electron chi connectivity index (χ3n) is 3.08. The van der Waals surface area contributed by atoms with Gasteiger partial charge in [0.15, 0.2) is 11.6 Å². The summed E-state index contributed by atoms with van der Waals surface area (Å²) in [6, 6.07) is 9.07. The van der Waals surface area contributed by atoms with E-state index in [-0.39, 0.29) is 18.9 Å². The predicted molar refractivity (Wildman–Crippen MR) is 86.3 cm³/mol. The maximum Gasteiger partial charge on any atom is 0.416 e. The highest BCUT2D eigenvalue weighted by Gasteiger charge is 2.31. The maximum absolute atomic E-state index is 13.3. The van der Waals surface area contributed by atoms with Gasteiger partial charge in [-0.2, -0.15) is 17.9 Å². The van der Waals surface area contributed by atoms with Crippen molar-refractivity contribution in [2.75, 3.05) is 13.2 Å². The second-order valence-corrected chi connectivity index (χ2v) is 6.69. The van der Waals surface area contributed by atoms with Gasteiger partial charge in [-0.05, 0) is 30.3 Å². The number of hydrogen-bond donors (Lipinski definition) is 1. The quantitative estimate of drug-likeness (QED) is 0.633. The van der Waals surface area contributed by atoms with E-state index in [4.69, 9.17) is 4.74 Å². The highest BCUT2D eigenvalue weighted by molar-refractivity contribution is 7.89. The lowest BCUT2D eigenvalue weighted by atomic mass is 10.2. The molecule has 0 bridgehead atoms. The number of hydrogen-bond acceptors (Lipinski definition) is 3. The van der Waals surface area contributed by atoms with Crippen molar-refractivity contribution in [3.05, 3.63) is 59.9 Å². The highest BCUT2D eigenvalue weighted by atomic mass is 32.2. The summed E-state index contributed by atoms with van der Waals surface area (Å²) in [7, 11) is -4.14. The molecule has 0 unspecified atom stereocenters. The van der Waals surface area contributed by atoms with Gasteiger partial charge in [-0.3, -0.25) is 0 Å². The molecule has 0 aliphatic carbocycles. The number of nitrogens with one attached hydrogen (secondary N) is 1. The fraction of sp³-hybridized carbons (Fsp3) is 0.176. The molecule has 1 N–H and O–H groups in total. The summed E-state index contributed by atoms with van der Waals surface area (Å²) in [6.07, 6.45) is -4.64. The van der Waals surface area contributed by atoms with Crippen LogP contribution in [0, 0.1) is 17.7 Å². The van der Waals surface area contributed by atoms with Gasteiger partial charge < -0.3 is 4.74 Å². The van der Waals surface area contributed by atoms with E-state index in [0.717, 1.165) is 18.2 Å². The monoisotopic (exact) mass is 387 g/mol. The molecular weight excluding hydrogens is 374 g/mol. The zero-order valence-corrected chi connectivity index (χ0v) is 14.0. The van der Waals surface area contributed by atoms with Crippen LogP contribution in [0.15, 0.2) is 53.4 Å². The molecule has 0 heterocycles. The van der Waals surface area contributed by atoms with E-state index in [2.05, 4.69) is 16.6 Å². The van der Waals surface area contributed by atoms with Gasteiger partial charge in [-0.15, -0.1) is 0 Å². The smallest absolute Gasteiger partial charge is 0.416 e. The van der Waals surface area contributed by atoms with E-state index >= 15 is 0 Å². The number of rotatable bonds is 5. The van der Waals surface area contributed by atoms with Crippen LogP contribution in [-0.4, -0.2) is 21.6 Å². The Kier molecular flexibility index (Phi) is 6.23. The van der Waals surface area contributed by atoms with Crippen LogP contribution in [0.25, 0.3) is 0 Å². The summed E-state index contributed by atoms with van der Waals surface area (Å²) in [5.74, 6) is 4.36. The summed E-state index contributed by atoms with van der Waals surface area (Å²) >= 11 is 0. The molecule has 0 aliphatic heterocycles.